The highest BCUT2D eigenvalue weighted by atomic mass is 32.2. The molecule has 1 aliphatic carbocycles. The van der Waals surface area contributed by atoms with Gasteiger partial charge < -0.3 is 0 Å². The fourth-order valence-electron chi connectivity index (χ4n) is 2.42. The van der Waals surface area contributed by atoms with Crippen molar-refractivity contribution in [3.8, 4) is 0 Å². The van der Waals surface area contributed by atoms with E-state index in [4.69, 9.17) is 5.14 Å². The van der Waals surface area contributed by atoms with Crippen molar-refractivity contribution in [2.24, 2.45) is 5.14 Å². The number of primary sulfonamides is 1. The smallest absolute Gasteiger partial charge is 0.225 e. The minimum Gasteiger partial charge on any atom is -0.225 e. The molecule has 3 nitrogen and oxygen atoms in total. The minimum absolute atomic E-state index is 0.141. The molecule has 0 fully saturated rings. The zero-order chi connectivity index (χ0) is 15.0. The van der Waals surface area contributed by atoms with Crippen molar-refractivity contribution in [1.82, 2.24) is 0 Å². The topological polar surface area (TPSA) is 60.2 Å². The second-order valence-corrected chi connectivity index (χ2v) is 7.50. The number of hydrogen-bond donors (Lipinski definition) is 1. The average Bonchev–Trinajstić information content (AvgIpc) is 3.06. The van der Waals surface area contributed by atoms with Crippen LogP contribution in [0.3, 0.4) is 0 Å². The minimum atomic E-state index is -3.64. The molecule has 1 aliphatic rings. The highest BCUT2D eigenvalue weighted by Gasteiger charge is 2.16. The Kier molecular flexibility index (Phi) is 3.57. The summed E-state index contributed by atoms with van der Waals surface area (Å²) in [6.45, 7) is 2.08. The first kappa shape index (κ1) is 14.3. The third kappa shape index (κ3) is 2.85. The van der Waals surface area contributed by atoms with Crippen LogP contribution >= 0.6 is 11.3 Å². The summed E-state index contributed by atoms with van der Waals surface area (Å²) in [4.78, 5) is 1.38. The first-order chi connectivity index (χ1) is 9.95. The summed E-state index contributed by atoms with van der Waals surface area (Å²) in [6, 6.07) is 8.91. The molecule has 0 spiro atoms. The molecular weight excluding hydrogens is 302 g/mol. The highest BCUT2D eigenvalue weighted by molar-refractivity contribution is 7.89. The number of hydrogen-bond acceptors (Lipinski definition) is 3. The van der Waals surface area contributed by atoms with Gasteiger partial charge in [0.05, 0.1) is 4.90 Å². The standard InChI is InChI=1S/C16H15NO2S2/c1-11-9-16(20-10-11)15-4-2-3-14(15)12-5-7-13(8-6-12)21(17,18)19/h3-10H,2H2,1H3,(H2,17,18,19). The van der Waals surface area contributed by atoms with Gasteiger partial charge in [-0.25, -0.2) is 13.6 Å². The second kappa shape index (κ2) is 5.26. The van der Waals surface area contributed by atoms with Gasteiger partial charge in [-0.05, 0) is 59.2 Å². The van der Waals surface area contributed by atoms with Gasteiger partial charge in [0.1, 0.15) is 0 Å². The predicted molar refractivity (Wildman–Crippen MR) is 87.4 cm³/mol. The molecule has 2 N–H and O–H groups in total. The van der Waals surface area contributed by atoms with Gasteiger partial charge in [0.25, 0.3) is 0 Å². The van der Waals surface area contributed by atoms with Gasteiger partial charge in [-0.2, -0.15) is 0 Å². The molecule has 21 heavy (non-hydrogen) atoms. The molecule has 0 radical (unpaired) electrons. The Bertz CT molecular complexity index is 841. The Morgan fingerprint density at radius 2 is 1.76 bits per heavy atom. The van der Waals surface area contributed by atoms with Gasteiger partial charge >= 0.3 is 0 Å². The number of sulfonamides is 1. The van der Waals surface area contributed by atoms with Gasteiger partial charge in [0.2, 0.25) is 10.0 Å². The van der Waals surface area contributed by atoms with Crippen LogP contribution in [-0.2, 0) is 10.0 Å². The third-order valence-electron chi connectivity index (χ3n) is 3.42. The van der Waals surface area contributed by atoms with Crippen LogP contribution in [0.5, 0.6) is 0 Å². The van der Waals surface area contributed by atoms with E-state index in [0.29, 0.717) is 0 Å². The van der Waals surface area contributed by atoms with Gasteiger partial charge in [-0.1, -0.05) is 24.3 Å². The van der Waals surface area contributed by atoms with Crippen molar-refractivity contribution in [3.05, 3.63) is 63.9 Å². The van der Waals surface area contributed by atoms with E-state index in [9.17, 15) is 8.42 Å². The third-order valence-corrected chi connectivity index (χ3v) is 5.43. The molecule has 1 heterocycles. The average molecular weight is 317 g/mol. The molecule has 5 heteroatoms. The molecular formula is C16H15NO2S2. The lowest BCUT2D eigenvalue weighted by Crippen LogP contribution is -2.11. The maximum atomic E-state index is 11.3. The molecule has 1 aromatic heterocycles. The van der Waals surface area contributed by atoms with Crippen molar-refractivity contribution < 1.29 is 8.42 Å². The van der Waals surface area contributed by atoms with Crippen molar-refractivity contribution in [2.45, 2.75) is 18.2 Å². The van der Waals surface area contributed by atoms with E-state index in [1.165, 1.54) is 16.0 Å². The molecule has 108 valence electrons. The fourth-order valence-corrected chi connectivity index (χ4v) is 3.89. The van der Waals surface area contributed by atoms with E-state index in [-0.39, 0.29) is 4.90 Å². The maximum Gasteiger partial charge on any atom is 0.238 e. The number of aryl methyl sites for hydroxylation is 1. The van der Waals surface area contributed by atoms with Crippen LogP contribution in [0.1, 0.15) is 22.4 Å². The summed E-state index contributed by atoms with van der Waals surface area (Å²) in [7, 11) is -3.64. The first-order valence-corrected chi connectivity index (χ1v) is 8.97. The Morgan fingerprint density at radius 1 is 1.10 bits per heavy atom. The zero-order valence-electron chi connectivity index (χ0n) is 11.5. The Balaban J connectivity index is 1.96. The monoisotopic (exact) mass is 317 g/mol. The predicted octanol–water partition coefficient (Wildman–Crippen LogP) is 3.57. The largest absolute Gasteiger partial charge is 0.238 e. The molecule has 0 amide bonds. The van der Waals surface area contributed by atoms with Gasteiger partial charge in [-0.15, -0.1) is 11.3 Å². The lowest BCUT2D eigenvalue weighted by atomic mass is 9.99. The summed E-state index contributed by atoms with van der Waals surface area (Å²) in [5.74, 6) is 0. The fraction of sp³-hybridized carbons (Fsp3) is 0.125. The normalized spacial score (nSPS) is 15.0. The molecule has 2 aromatic rings. The molecule has 0 saturated heterocycles. The van der Waals surface area contributed by atoms with Gasteiger partial charge in [0.15, 0.2) is 0 Å². The van der Waals surface area contributed by atoms with Crippen LogP contribution in [0.25, 0.3) is 11.1 Å². The van der Waals surface area contributed by atoms with Gasteiger partial charge in [-0.3, -0.25) is 0 Å². The Morgan fingerprint density at radius 3 is 2.33 bits per heavy atom. The number of thiophene rings is 1. The number of rotatable bonds is 3. The molecule has 3 rings (SSSR count). The molecule has 0 aliphatic heterocycles. The molecule has 0 atom stereocenters. The highest BCUT2D eigenvalue weighted by Crippen LogP contribution is 2.38. The van der Waals surface area contributed by atoms with Crippen LogP contribution in [0.15, 0.2) is 52.8 Å². The zero-order valence-corrected chi connectivity index (χ0v) is 13.2. The summed E-state index contributed by atoms with van der Waals surface area (Å²) >= 11 is 1.73. The summed E-state index contributed by atoms with van der Waals surface area (Å²) in [5.41, 5.74) is 4.64. The molecule has 0 saturated carbocycles. The molecule has 1 aromatic carbocycles. The van der Waals surface area contributed by atoms with E-state index in [0.717, 1.165) is 17.6 Å². The Hall–Kier alpha value is -1.69. The number of nitrogens with two attached hydrogens (primary N) is 1. The van der Waals surface area contributed by atoms with Crippen molar-refractivity contribution in [3.63, 3.8) is 0 Å². The lowest BCUT2D eigenvalue weighted by Gasteiger charge is -2.08. The number of allylic oxidation sites excluding steroid dienone is 4. The van der Waals surface area contributed by atoms with Gasteiger partial charge in [0, 0.05) is 4.88 Å². The van der Waals surface area contributed by atoms with Crippen molar-refractivity contribution in [2.75, 3.05) is 0 Å². The summed E-state index contributed by atoms with van der Waals surface area (Å²) < 4.78 is 22.6. The van der Waals surface area contributed by atoms with E-state index in [1.54, 1.807) is 23.5 Å². The maximum absolute atomic E-state index is 11.3. The SMILES string of the molecule is Cc1csc(C2=CCC=C2c2ccc(S(N)(=O)=O)cc2)c1. The summed E-state index contributed by atoms with van der Waals surface area (Å²) in [6.07, 6.45) is 5.27. The van der Waals surface area contributed by atoms with E-state index in [1.807, 2.05) is 12.1 Å². The molecule has 0 bridgehead atoms. The lowest BCUT2D eigenvalue weighted by molar-refractivity contribution is 0.598. The van der Waals surface area contributed by atoms with Crippen LogP contribution in [-0.4, -0.2) is 8.42 Å². The summed E-state index contributed by atoms with van der Waals surface area (Å²) in [5, 5.41) is 7.26. The van der Waals surface area contributed by atoms with Crippen LogP contribution in [0.4, 0.5) is 0 Å². The van der Waals surface area contributed by atoms with Crippen molar-refractivity contribution >= 4 is 32.5 Å². The van der Waals surface area contributed by atoms with Crippen LogP contribution < -0.4 is 5.14 Å². The Labute approximate surface area is 128 Å². The van der Waals surface area contributed by atoms with Crippen molar-refractivity contribution in [1.29, 1.82) is 0 Å². The van der Waals surface area contributed by atoms with Crippen LogP contribution in [0, 0.1) is 6.92 Å². The quantitative estimate of drug-likeness (QED) is 0.940. The van der Waals surface area contributed by atoms with E-state index in [2.05, 4.69) is 30.5 Å². The van der Waals surface area contributed by atoms with E-state index >= 15 is 0 Å². The molecule has 0 unspecified atom stereocenters. The van der Waals surface area contributed by atoms with E-state index < -0.39 is 10.0 Å². The second-order valence-electron chi connectivity index (χ2n) is 5.03. The van der Waals surface area contributed by atoms with Crippen LogP contribution in [0.2, 0.25) is 0 Å². The number of benzene rings is 1. The first-order valence-electron chi connectivity index (χ1n) is 6.54.